The largest absolute Gasteiger partial charge is 0.434 e. The third-order valence-corrected chi connectivity index (χ3v) is 3.99. The second-order valence-electron chi connectivity index (χ2n) is 5.31. The molecule has 0 unspecified atom stereocenters. The van der Waals surface area contributed by atoms with E-state index in [1.807, 2.05) is 0 Å². The number of hydrogen-bond donors (Lipinski definition) is 1. The molecule has 3 rings (SSSR count). The molecule has 1 saturated carbocycles. The van der Waals surface area contributed by atoms with Crippen LogP contribution in [0.25, 0.3) is 11.5 Å². The average Bonchev–Trinajstić information content (AvgIpc) is 3.10. The first-order valence-electron chi connectivity index (χ1n) is 6.86. The Morgan fingerprint density at radius 2 is 2.05 bits per heavy atom. The molecule has 0 saturated heterocycles. The lowest BCUT2D eigenvalue weighted by Gasteiger charge is -2.17. The van der Waals surface area contributed by atoms with Crippen molar-refractivity contribution < 1.29 is 18.0 Å². The highest BCUT2D eigenvalue weighted by molar-refractivity contribution is 6.30. The molecule has 2 N–H and O–H groups in total. The van der Waals surface area contributed by atoms with Crippen LogP contribution in [0.2, 0.25) is 5.02 Å². The van der Waals surface area contributed by atoms with E-state index in [-0.39, 0.29) is 17.2 Å². The first kappa shape index (κ1) is 15.2. The summed E-state index contributed by atoms with van der Waals surface area (Å²) in [6, 6.07) is 4.22. The Hall–Kier alpha value is -1.73. The number of nitrogens with two attached hydrogens (primary N) is 1. The van der Waals surface area contributed by atoms with Gasteiger partial charge < -0.3 is 15.0 Å². The van der Waals surface area contributed by atoms with Crippen LogP contribution >= 0.6 is 11.6 Å². The molecule has 8 heteroatoms. The van der Waals surface area contributed by atoms with E-state index in [1.54, 1.807) is 0 Å². The van der Waals surface area contributed by atoms with Gasteiger partial charge in [0.1, 0.15) is 5.75 Å². The maximum absolute atomic E-state index is 12.5. The van der Waals surface area contributed by atoms with Crippen LogP contribution in [0.5, 0.6) is 5.75 Å². The van der Waals surface area contributed by atoms with Crippen molar-refractivity contribution in [1.82, 2.24) is 10.1 Å². The van der Waals surface area contributed by atoms with Gasteiger partial charge in [-0.15, -0.1) is 0 Å². The minimum Gasteiger partial charge on any atom is -0.434 e. The summed E-state index contributed by atoms with van der Waals surface area (Å²) >= 11 is 5.91. The summed E-state index contributed by atoms with van der Waals surface area (Å²) < 4.78 is 34.6. The Balaban J connectivity index is 1.97. The molecule has 5 nitrogen and oxygen atoms in total. The summed E-state index contributed by atoms with van der Waals surface area (Å²) in [6.45, 7) is -2.96. The summed E-state index contributed by atoms with van der Waals surface area (Å²) in [4.78, 5) is 4.26. The van der Waals surface area contributed by atoms with Gasteiger partial charge in [0.15, 0.2) is 5.82 Å². The number of ether oxygens (including phenoxy) is 1. The highest BCUT2D eigenvalue weighted by Crippen LogP contribution is 2.37. The quantitative estimate of drug-likeness (QED) is 0.925. The molecule has 118 valence electrons. The molecule has 0 amide bonds. The third-order valence-electron chi connectivity index (χ3n) is 3.76. The summed E-state index contributed by atoms with van der Waals surface area (Å²) in [6.07, 6.45) is 3.53. The van der Waals surface area contributed by atoms with Gasteiger partial charge in [0.25, 0.3) is 5.89 Å². The summed E-state index contributed by atoms with van der Waals surface area (Å²) in [5.41, 5.74) is 5.85. The molecule has 0 bridgehead atoms. The average molecular weight is 330 g/mol. The summed E-state index contributed by atoms with van der Waals surface area (Å²) in [5.74, 6) is 0.361. The highest BCUT2D eigenvalue weighted by atomic mass is 35.5. The van der Waals surface area contributed by atoms with E-state index in [0.717, 1.165) is 25.7 Å². The smallest absolute Gasteiger partial charge is 0.387 e. The molecule has 2 aromatic rings. The number of rotatable bonds is 4. The molecule has 0 spiro atoms. The Kier molecular flexibility index (Phi) is 4.01. The zero-order chi connectivity index (χ0) is 15.7. The van der Waals surface area contributed by atoms with Crippen LogP contribution in [-0.4, -0.2) is 16.8 Å². The van der Waals surface area contributed by atoms with Crippen LogP contribution in [0.4, 0.5) is 8.78 Å². The fourth-order valence-electron chi connectivity index (χ4n) is 2.63. The minimum absolute atomic E-state index is 0.0601. The van der Waals surface area contributed by atoms with Crippen molar-refractivity contribution in [2.75, 3.05) is 0 Å². The summed E-state index contributed by atoms with van der Waals surface area (Å²) in [5, 5.41) is 4.25. The third kappa shape index (κ3) is 2.91. The van der Waals surface area contributed by atoms with Crippen molar-refractivity contribution in [2.24, 2.45) is 5.73 Å². The maximum atomic E-state index is 12.5. The number of hydrogen-bond acceptors (Lipinski definition) is 5. The van der Waals surface area contributed by atoms with E-state index in [4.69, 9.17) is 21.9 Å². The zero-order valence-corrected chi connectivity index (χ0v) is 12.3. The van der Waals surface area contributed by atoms with E-state index >= 15 is 0 Å². The second kappa shape index (κ2) is 5.81. The van der Waals surface area contributed by atoms with Gasteiger partial charge in [-0.25, -0.2) is 0 Å². The fraction of sp³-hybridized carbons (Fsp3) is 0.429. The molecular formula is C14H14ClF2N3O2. The molecule has 0 atom stereocenters. The number of nitrogens with zero attached hydrogens (tertiary/aromatic N) is 2. The topological polar surface area (TPSA) is 74.2 Å². The van der Waals surface area contributed by atoms with Gasteiger partial charge in [0, 0.05) is 5.02 Å². The minimum atomic E-state index is -2.96. The van der Waals surface area contributed by atoms with Gasteiger partial charge in [0.05, 0.1) is 11.1 Å². The maximum Gasteiger partial charge on any atom is 0.387 e. The number of benzene rings is 1. The van der Waals surface area contributed by atoms with Crippen LogP contribution in [0.1, 0.15) is 31.5 Å². The monoisotopic (exact) mass is 329 g/mol. The molecule has 1 aliphatic carbocycles. The lowest BCUT2D eigenvalue weighted by molar-refractivity contribution is -0.0495. The molecule has 0 aliphatic heterocycles. The number of aromatic nitrogens is 2. The highest BCUT2D eigenvalue weighted by Gasteiger charge is 2.36. The molecule has 22 heavy (non-hydrogen) atoms. The van der Waals surface area contributed by atoms with Gasteiger partial charge in [-0.05, 0) is 31.0 Å². The molecule has 1 aliphatic rings. The Morgan fingerprint density at radius 1 is 1.32 bits per heavy atom. The molecule has 1 aromatic heterocycles. The molecule has 1 fully saturated rings. The van der Waals surface area contributed by atoms with Gasteiger partial charge in [-0.1, -0.05) is 29.6 Å². The van der Waals surface area contributed by atoms with Crippen LogP contribution in [-0.2, 0) is 5.54 Å². The standard InChI is InChI=1S/C14H14ClF2N3O2/c15-8-3-4-10(21-13(16)17)9(7-8)11-19-12(20-22-11)14(18)5-1-2-6-14/h3-4,7,13H,1-2,5-6,18H2. The van der Waals surface area contributed by atoms with Crippen LogP contribution in [0, 0.1) is 0 Å². The molecule has 1 aromatic carbocycles. The fourth-order valence-corrected chi connectivity index (χ4v) is 2.80. The first-order chi connectivity index (χ1) is 10.5. The molecular weight excluding hydrogens is 316 g/mol. The van der Waals surface area contributed by atoms with E-state index < -0.39 is 12.2 Å². The summed E-state index contributed by atoms with van der Waals surface area (Å²) in [7, 11) is 0. The van der Waals surface area contributed by atoms with Crippen molar-refractivity contribution in [2.45, 2.75) is 37.8 Å². The van der Waals surface area contributed by atoms with E-state index in [2.05, 4.69) is 14.9 Å². The van der Waals surface area contributed by atoms with Gasteiger partial charge in [-0.3, -0.25) is 0 Å². The number of halogens is 3. The second-order valence-corrected chi connectivity index (χ2v) is 5.74. The molecule has 0 radical (unpaired) electrons. The van der Waals surface area contributed by atoms with Crippen LogP contribution in [0.3, 0.4) is 0 Å². The molecule has 1 heterocycles. The van der Waals surface area contributed by atoms with E-state index in [9.17, 15) is 8.78 Å². The SMILES string of the molecule is NC1(c2noc(-c3cc(Cl)ccc3OC(F)F)n2)CCCC1. The predicted molar refractivity (Wildman–Crippen MR) is 75.7 cm³/mol. The van der Waals surface area contributed by atoms with Crippen LogP contribution < -0.4 is 10.5 Å². The van der Waals surface area contributed by atoms with Crippen molar-refractivity contribution in [3.05, 3.63) is 29.0 Å². The van der Waals surface area contributed by atoms with Crippen molar-refractivity contribution in [3.8, 4) is 17.2 Å². The van der Waals surface area contributed by atoms with E-state index in [0.29, 0.717) is 10.8 Å². The predicted octanol–water partition coefficient (Wildman–Crippen LogP) is 3.72. The van der Waals surface area contributed by atoms with Crippen molar-refractivity contribution in [3.63, 3.8) is 0 Å². The van der Waals surface area contributed by atoms with Crippen LogP contribution in [0.15, 0.2) is 22.7 Å². The van der Waals surface area contributed by atoms with Gasteiger partial charge in [0.2, 0.25) is 0 Å². The van der Waals surface area contributed by atoms with Gasteiger partial charge in [-0.2, -0.15) is 13.8 Å². The Labute approximate surface area is 130 Å². The lowest BCUT2D eigenvalue weighted by atomic mass is 9.99. The Bertz CT molecular complexity index is 672. The zero-order valence-electron chi connectivity index (χ0n) is 11.6. The van der Waals surface area contributed by atoms with Crippen molar-refractivity contribution >= 4 is 11.6 Å². The van der Waals surface area contributed by atoms with Gasteiger partial charge >= 0.3 is 6.61 Å². The Morgan fingerprint density at radius 3 is 2.73 bits per heavy atom. The first-order valence-corrected chi connectivity index (χ1v) is 7.23. The lowest BCUT2D eigenvalue weighted by Crippen LogP contribution is -2.34. The number of alkyl halides is 2. The van der Waals surface area contributed by atoms with Crippen molar-refractivity contribution in [1.29, 1.82) is 0 Å². The normalized spacial score (nSPS) is 17.1. The van der Waals surface area contributed by atoms with E-state index in [1.165, 1.54) is 18.2 Å².